The van der Waals surface area contributed by atoms with Gasteiger partial charge in [0.05, 0.1) is 18.8 Å². The molecule has 140 valence electrons. The van der Waals surface area contributed by atoms with Crippen molar-refractivity contribution in [3.8, 4) is 0 Å². The van der Waals surface area contributed by atoms with Crippen LogP contribution in [-0.2, 0) is 9.47 Å². The zero-order valence-electron chi connectivity index (χ0n) is 16.1. The van der Waals surface area contributed by atoms with Crippen LogP contribution in [0.15, 0.2) is 11.6 Å². The van der Waals surface area contributed by atoms with Gasteiger partial charge in [0.1, 0.15) is 0 Å². The maximum atomic E-state index is 10.6. The van der Waals surface area contributed by atoms with Crippen LogP contribution in [0.4, 0.5) is 0 Å². The lowest BCUT2D eigenvalue weighted by Crippen LogP contribution is -2.55. The molecule has 0 amide bonds. The number of fused-ring (bicyclic) bond motifs is 6. The Balaban J connectivity index is 1.48. The summed E-state index contributed by atoms with van der Waals surface area (Å²) in [6, 6.07) is 0. The zero-order chi connectivity index (χ0) is 17.5. The zero-order valence-corrected chi connectivity index (χ0v) is 16.1. The van der Waals surface area contributed by atoms with Crippen molar-refractivity contribution in [1.82, 2.24) is 0 Å². The van der Waals surface area contributed by atoms with E-state index in [2.05, 4.69) is 19.9 Å². The first-order chi connectivity index (χ1) is 11.8. The Morgan fingerprint density at radius 3 is 2.44 bits per heavy atom. The molecule has 1 heterocycles. The van der Waals surface area contributed by atoms with Crippen LogP contribution in [0.2, 0.25) is 0 Å². The van der Waals surface area contributed by atoms with E-state index in [4.69, 9.17) is 9.47 Å². The third kappa shape index (κ3) is 2.09. The quantitative estimate of drug-likeness (QED) is 0.659. The van der Waals surface area contributed by atoms with Gasteiger partial charge in [0.2, 0.25) is 0 Å². The Hall–Kier alpha value is -0.380. The number of allylic oxidation sites excluding steroid dienone is 1. The standard InChI is InChI=1S/C22H34O3/c1-19(23)10-11-20(2)15(14-19)4-5-16-17(20)6-8-21(3)18(16)7-9-22(21)24-12-13-25-22/h4,16-18,23H,5-14H2,1-3H3/t16-,17+,18+,19+,20+,21+/m1/s1. The second-order valence-corrected chi connectivity index (χ2v) is 10.4. The molecule has 25 heavy (non-hydrogen) atoms. The summed E-state index contributed by atoms with van der Waals surface area (Å²) >= 11 is 0. The third-order valence-corrected chi connectivity index (χ3v) is 9.18. The number of ether oxygens (including phenoxy) is 2. The Morgan fingerprint density at radius 2 is 1.68 bits per heavy atom. The second-order valence-electron chi connectivity index (χ2n) is 10.4. The first kappa shape index (κ1) is 16.8. The molecule has 1 saturated heterocycles. The Bertz CT molecular complexity index is 602. The van der Waals surface area contributed by atoms with Crippen molar-refractivity contribution in [2.24, 2.45) is 28.6 Å². The van der Waals surface area contributed by atoms with E-state index in [0.29, 0.717) is 5.41 Å². The van der Waals surface area contributed by atoms with Gasteiger partial charge in [-0.1, -0.05) is 25.5 Å². The average molecular weight is 347 g/mol. The van der Waals surface area contributed by atoms with E-state index >= 15 is 0 Å². The van der Waals surface area contributed by atoms with E-state index in [9.17, 15) is 5.11 Å². The van der Waals surface area contributed by atoms with Crippen LogP contribution in [0.5, 0.6) is 0 Å². The van der Waals surface area contributed by atoms with Gasteiger partial charge in [0.25, 0.3) is 0 Å². The number of aliphatic hydroxyl groups is 1. The molecule has 0 aromatic heterocycles. The van der Waals surface area contributed by atoms with Gasteiger partial charge >= 0.3 is 0 Å². The fraction of sp³-hybridized carbons (Fsp3) is 0.909. The second kappa shape index (κ2) is 5.11. The lowest BCUT2D eigenvalue weighted by Gasteiger charge is -2.59. The van der Waals surface area contributed by atoms with E-state index in [-0.39, 0.29) is 11.2 Å². The van der Waals surface area contributed by atoms with Gasteiger partial charge in [0.15, 0.2) is 5.79 Å². The van der Waals surface area contributed by atoms with Crippen molar-refractivity contribution < 1.29 is 14.6 Å². The van der Waals surface area contributed by atoms with Crippen LogP contribution in [0.3, 0.4) is 0 Å². The van der Waals surface area contributed by atoms with Crippen LogP contribution < -0.4 is 0 Å². The van der Waals surface area contributed by atoms with Crippen LogP contribution in [0.25, 0.3) is 0 Å². The highest BCUT2D eigenvalue weighted by Gasteiger charge is 2.66. The van der Waals surface area contributed by atoms with E-state index in [1.165, 1.54) is 25.7 Å². The summed E-state index contributed by atoms with van der Waals surface area (Å²) in [6.45, 7) is 8.52. The number of rotatable bonds is 0. The molecule has 3 saturated carbocycles. The molecule has 5 aliphatic rings. The molecular formula is C22H34O3. The van der Waals surface area contributed by atoms with Gasteiger partial charge < -0.3 is 14.6 Å². The smallest absolute Gasteiger partial charge is 0.174 e. The summed E-state index contributed by atoms with van der Waals surface area (Å²) in [7, 11) is 0. The molecule has 1 spiro atoms. The topological polar surface area (TPSA) is 38.7 Å². The van der Waals surface area contributed by atoms with Crippen molar-refractivity contribution in [2.75, 3.05) is 13.2 Å². The van der Waals surface area contributed by atoms with E-state index in [1.807, 2.05) is 6.92 Å². The normalized spacial score (nSPS) is 53.9. The minimum Gasteiger partial charge on any atom is -0.390 e. The van der Waals surface area contributed by atoms with Gasteiger partial charge in [-0.2, -0.15) is 0 Å². The molecule has 5 rings (SSSR count). The molecule has 1 N–H and O–H groups in total. The summed E-state index contributed by atoms with van der Waals surface area (Å²) in [5.41, 5.74) is 1.55. The molecule has 0 unspecified atom stereocenters. The van der Waals surface area contributed by atoms with Crippen molar-refractivity contribution in [3.05, 3.63) is 11.6 Å². The highest BCUT2D eigenvalue weighted by Crippen LogP contribution is 2.68. The molecule has 0 radical (unpaired) electrons. The molecule has 0 aromatic rings. The van der Waals surface area contributed by atoms with Gasteiger partial charge in [-0.25, -0.2) is 0 Å². The Labute approximate surface area is 152 Å². The predicted molar refractivity (Wildman–Crippen MR) is 97.0 cm³/mol. The molecule has 0 aromatic carbocycles. The maximum Gasteiger partial charge on any atom is 0.174 e. The SMILES string of the molecule is C[C@]1(O)CC[C@@]2(C)C(=CC[C@@H]3[C@@H]2CC[C@@]2(C)[C@H]3CCC23OCCO3)C1. The molecule has 4 fully saturated rings. The van der Waals surface area contributed by atoms with E-state index < -0.39 is 5.60 Å². The first-order valence-corrected chi connectivity index (χ1v) is 10.5. The van der Waals surface area contributed by atoms with Crippen molar-refractivity contribution in [2.45, 2.75) is 83.5 Å². The summed E-state index contributed by atoms with van der Waals surface area (Å²) in [6.07, 6.45) is 11.6. The molecule has 3 heteroatoms. The maximum absolute atomic E-state index is 10.6. The van der Waals surface area contributed by atoms with Gasteiger partial charge in [-0.15, -0.1) is 0 Å². The van der Waals surface area contributed by atoms with Crippen molar-refractivity contribution >= 4 is 0 Å². The summed E-state index contributed by atoms with van der Waals surface area (Å²) < 4.78 is 12.5. The molecule has 4 aliphatic carbocycles. The fourth-order valence-corrected chi connectivity index (χ4v) is 7.69. The average Bonchev–Trinajstić information content (AvgIpc) is 3.15. The van der Waals surface area contributed by atoms with Gasteiger partial charge in [-0.3, -0.25) is 0 Å². The molecule has 3 nitrogen and oxygen atoms in total. The van der Waals surface area contributed by atoms with E-state index in [0.717, 1.165) is 56.7 Å². The van der Waals surface area contributed by atoms with Crippen LogP contribution in [0, 0.1) is 28.6 Å². The summed E-state index contributed by atoms with van der Waals surface area (Å²) in [5, 5.41) is 10.6. The molecule has 0 bridgehead atoms. The fourth-order valence-electron chi connectivity index (χ4n) is 7.69. The van der Waals surface area contributed by atoms with Crippen LogP contribution >= 0.6 is 0 Å². The minimum absolute atomic E-state index is 0.187. The summed E-state index contributed by atoms with van der Waals surface area (Å²) in [5.74, 6) is 1.98. The lowest BCUT2D eigenvalue weighted by molar-refractivity contribution is -0.242. The van der Waals surface area contributed by atoms with Gasteiger partial charge in [-0.05, 0) is 75.0 Å². The van der Waals surface area contributed by atoms with Crippen LogP contribution in [0.1, 0.15) is 72.1 Å². The minimum atomic E-state index is -0.496. The summed E-state index contributed by atoms with van der Waals surface area (Å²) in [4.78, 5) is 0. The monoisotopic (exact) mass is 346 g/mol. The van der Waals surface area contributed by atoms with Crippen LogP contribution in [-0.4, -0.2) is 29.7 Å². The number of hydrogen-bond donors (Lipinski definition) is 1. The highest BCUT2D eigenvalue weighted by atomic mass is 16.7. The van der Waals surface area contributed by atoms with Crippen molar-refractivity contribution in [3.63, 3.8) is 0 Å². The molecule has 6 atom stereocenters. The Kier molecular flexibility index (Phi) is 3.43. The third-order valence-electron chi connectivity index (χ3n) is 9.18. The first-order valence-electron chi connectivity index (χ1n) is 10.5. The predicted octanol–water partition coefficient (Wildman–Crippen LogP) is 4.44. The highest BCUT2D eigenvalue weighted by molar-refractivity contribution is 5.27. The number of hydrogen-bond acceptors (Lipinski definition) is 3. The molecular weight excluding hydrogens is 312 g/mol. The van der Waals surface area contributed by atoms with Crippen molar-refractivity contribution in [1.29, 1.82) is 0 Å². The van der Waals surface area contributed by atoms with Gasteiger partial charge in [0, 0.05) is 11.8 Å². The largest absolute Gasteiger partial charge is 0.390 e. The molecule has 1 aliphatic heterocycles. The lowest BCUT2D eigenvalue weighted by atomic mass is 9.47. The Morgan fingerprint density at radius 1 is 0.960 bits per heavy atom. The van der Waals surface area contributed by atoms with E-state index in [1.54, 1.807) is 5.57 Å².